The van der Waals surface area contributed by atoms with Crippen LogP contribution < -0.4 is 11.1 Å². The van der Waals surface area contributed by atoms with Crippen molar-refractivity contribution in [3.63, 3.8) is 0 Å². The molecule has 4 heteroatoms. The lowest BCUT2D eigenvalue weighted by atomic mass is 9.77. The summed E-state index contributed by atoms with van der Waals surface area (Å²) in [6.45, 7) is 6.08. The van der Waals surface area contributed by atoms with Gasteiger partial charge in [-0.25, -0.2) is 0 Å². The molecule has 0 aromatic rings. The molecule has 1 rings (SSSR count). The largest absolute Gasteiger partial charge is 0.394 e. The Kier molecular flexibility index (Phi) is 4.95. The second-order valence-corrected chi connectivity index (χ2v) is 5.88. The van der Waals surface area contributed by atoms with E-state index in [1.54, 1.807) is 0 Å². The van der Waals surface area contributed by atoms with Gasteiger partial charge in [0.2, 0.25) is 5.91 Å². The maximum Gasteiger partial charge on any atom is 0.237 e. The maximum absolute atomic E-state index is 12.0. The Balaban J connectivity index is 2.60. The SMILES string of the molecule is CC1CCC(CO)(NC(=O)C(N)C(C)C)CC1. The standard InChI is InChI=1S/C13H26N2O2/c1-9(2)11(14)12(17)15-13(8-16)6-4-10(3)5-7-13/h9-11,16H,4-8,14H2,1-3H3,(H,15,17). The molecule has 0 bridgehead atoms. The fourth-order valence-corrected chi connectivity index (χ4v) is 2.28. The van der Waals surface area contributed by atoms with Gasteiger partial charge in [-0.1, -0.05) is 20.8 Å². The van der Waals surface area contributed by atoms with Gasteiger partial charge >= 0.3 is 0 Å². The van der Waals surface area contributed by atoms with E-state index in [4.69, 9.17) is 5.73 Å². The third-order valence-corrected chi connectivity index (χ3v) is 3.94. The fraction of sp³-hybridized carbons (Fsp3) is 0.923. The zero-order valence-electron chi connectivity index (χ0n) is 11.2. The highest BCUT2D eigenvalue weighted by Gasteiger charge is 2.36. The van der Waals surface area contributed by atoms with E-state index in [9.17, 15) is 9.90 Å². The van der Waals surface area contributed by atoms with E-state index in [1.165, 1.54) is 0 Å². The molecule has 4 N–H and O–H groups in total. The first kappa shape index (κ1) is 14.5. The molecule has 1 aliphatic carbocycles. The van der Waals surface area contributed by atoms with Crippen molar-refractivity contribution in [2.45, 2.75) is 58.0 Å². The number of aliphatic hydroxyl groups is 1. The van der Waals surface area contributed by atoms with Crippen molar-refractivity contribution in [3.8, 4) is 0 Å². The number of amides is 1. The Morgan fingerprint density at radius 2 is 2.00 bits per heavy atom. The summed E-state index contributed by atoms with van der Waals surface area (Å²) in [7, 11) is 0. The number of carbonyl (C=O) groups excluding carboxylic acids is 1. The maximum atomic E-state index is 12.0. The molecule has 1 saturated carbocycles. The van der Waals surface area contributed by atoms with Gasteiger partial charge in [0.25, 0.3) is 0 Å². The van der Waals surface area contributed by atoms with E-state index in [2.05, 4.69) is 12.2 Å². The number of rotatable bonds is 4. The molecule has 0 aliphatic heterocycles. The van der Waals surface area contributed by atoms with Gasteiger partial charge in [-0.15, -0.1) is 0 Å². The van der Waals surface area contributed by atoms with Gasteiger partial charge < -0.3 is 16.2 Å². The van der Waals surface area contributed by atoms with Crippen molar-refractivity contribution >= 4 is 5.91 Å². The number of hydrogen-bond acceptors (Lipinski definition) is 3. The van der Waals surface area contributed by atoms with E-state index in [-0.39, 0.29) is 18.4 Å². The first-order chi connectivity index (χ1) is 7.90. The lowest BCUT2D eigenvalue weighted by Gasteiger charge is -2.39. The molecule has 1 amide bonds. The minimum atomic E-state index is -0.488. The Bertz CT molecular complexity index is 258. The van der Waals surface area contributed by atoms with Crippen LogP contribution in [0.15, 0.2) is 0 Å². The van der Waals surface area contributed by atoms with Crippen LogP contribution in [0.4, 0.5) is 0 Å². The van der Waals surface area contributed by atoms with Crippen LogP contribution in [-0.4, -0.2) is 29.2 Å². The summed E-state index contributed by atoms with van der Waals surface area (Å²) < 4.78 is 0. The number of hydrogen-bond donors (Lipinski definition) is 3. The molecule has 0 radical (unpaired) electrons. The minimum absolute atomic E-state index is 0.0102. The second-order valence-electron chi connectivity index (χ2n) is 5.88. The van der Waals surface area contributed by atoms with Gasteiger partial charge in [0.15, 0.2) is 0 Å². The average Bonchev–Trinajstić information content (AvgIpc) is 2.31. The van der Waals surface area contributed by atoms with Crippen LogP contribution in [0.25, 0.3) is 0 Å². The number of carbonyl (C=O) groups is 1. The molecule has 0 saturated heterocycles. The molecule has 17 heavy (non-hydrogen) atoms. The van der Waals surface area contributed by atoms with E-state index >= 15 is 0 Å². The Labute approximate surface area is 104 Å². The summed E-state index contributed by atoms with van der Waals surface area (Å²) in [5.41, 5.74) is 5.39. The number of nitrogens with one attached hydrogen (secondary N) is 1. The summed E-state index contributed by atoms with van der Waals surface area (Å²) in [4.78, 5) is 12.0. The van der Waals surface area contributed by atoms with Crippen LogP contribution in [0.2, 0.25) is 0 Å². The quantitative estimate of drug-likeness (QED) is 0.689. The van der Waals surface area contributed by atoms with E-state index in [0.717, 1.165) is 25.7 Å². The van der Waals surface area contributed by atoms with Gasteiger partial charge in [-0.3, -0.25) is 4.79 Å². The summed E-state index contributed by atoms with van der Waals surface area (Å²) in [6.07, 6.45) is 3.80. The topological polar surface area (TPSA) is 75.3 Å². The van der Waals surface area contributed by atoms with E-state index < -0.39 is 11.6 Å². The van der Waals surface area contributed by atoms with Crippen LogP contribution in [0, 0.1) is 11.8 Å². The summed E-state index contributed by atoms with van der Waals surface area (Å²) >= 11 is 0. The van der Waals surface area contributed by atoms with E-state index in [0.29, 0.717) is 5.92 Å². The van der Waals surface area contributed by atoms with Crippen molar-refractivity contribution in [3.05, 3.63) is 0 Å². The third kappa shape index (κ3) is 3.68. The Morgan fingerprint density at radius 3 is 2.41 bits per heavy atom. The van der Waals surface area contributed by atoms with Gasteiger partial charge in [0.1, 0.15) is 0 Å². The molecule has 1 unspecified atom stereocenters. The highest BCUT2D eigenvalue weighted by atomic mass is 16.3. The van der Waals surface area contributed by atoms with Crippen molar-refractivity contribution in [2.75, 3.05) is 6.61 Å². The first-order valence-electron chi connectivity index (χ1n) is 6.58. The highest BCUT2D eigenvalue weighted by Crippen LogP contribution is 2.31. The molecule has 1 atom stereocenters. The van der Waals surface area contributed by atoms with Gasteiger partial charge in [0, 0.05) is 0 Å². The van der Waals surface area contributed by atoms with Gasteiger partial charge in [-0.2, -0.15) is 0 Å². The lowest BCUT2D eigenvalue weighted by Crippen LogP contribution is -2.58. The van der Waals surface area contributed by atoms with Crippen molar-refractivity contribution in [1.82, 2.24) is 5.32 Å². The molecule has 4 nitrogen and oxygen atoms in total. The number of nitrogens with two attached hydrogens (primary N) is 1. The van der Waals surface area contributed by atoms with Crippen molar-refractivity contribution < 1.29 is 9.90 Å². The van der Waals surface area contributed by atoms with Crippen LogP contribution in [0.5, 0.6) is 0 Å². The summed E-state index contributed by atoms with van der Waals surface area (Å²) in [6, 6.07) is -0.488. The molecular weight excluding hydrogens is 216 g/mol. The van der Waals surface area contributed by atoms with Gasteiger partial charge in [0.05, 0.1) is 18.2 Å². The number of aliphatic hydroxyl groups excluding tert-OH is 1. The van der Waals surface area contributed by atoms with Gasteiger partial charge in [-0.05, 0) is 37.5 Å². The van der Waals surface area contributed by atoms with Crippen molar-refractivity contribution in [1.29, 1.82) is 0 Å². The third-order valence-electron chi connectivity index (χ3n) is 3.94. The molecule has 0 spiro atoms. The Hall–Kier alpha value is -0.610. The zero-order valence-corrected chi connectivity index (χ0v) is 11.2. The van der Waals surface area contributed by atoms with Crippen molar-refractivity contribution in [2.24, 2.45) is 17.6 Å². The summed E-state index contributed by atoms with van der Waals surface area (Å²) in [5.74, 6) is 0.669. The zero-order chi connectivity index (χ0) is 13.1. The first-order valence-corrected chi connectivity index (χ1v) is 6.58. The molecule has 100 valence electrons. The highest BCUT2D eigenvalue weighted by molar-refractivity contribution is 5.82. The van der Waals surface area contributed by atoms with E-state index in [1.807, 2.05) is 13.8 Å². The monoisotopic (exact) mass is 242 g/mol. The Morgan fingerprint density at radius 1 is 1.47 bits per heavy atom. The average molecular weight is 242 g/mol. The molecule has 1 aliphatic rings. The smallest absolute Gasteiger partial charge is 0.237 e. The van der Waals surface area contributed by atoms with Crippen LogP contribution in [-0.2, 0) is 4.79 Å². The van der Waals surface area contributed by atoms with Crippen LogP contribution in [0.1, 0.15) is 46.5 Å². The molecule has 0 aromatic heterocycles. The minimum Gasteiger partial charge on any atom is -0.394 e. The normalized spacial score (nSPS) is 31.3. The predicted octanol–water partition coefficient (Wildman–Crippen LogP) is 1.03. The molecular formula is C13H26N2O2. The molecule has 0 heterocycles. The van der Waals surface area contributed by atoms with Crippen LogP contribution in [0.3, 0.4) is 0 Å². The predicted molar refractivity (Wildman–Crippen MR) is 68.4 cm³/mol. The second kappa shape index (κ2) is 5.83. The summed E-state index contributed by atoms with van der Waals surface area (Å²) in [5, 5.41) is 12.5. The fourth-order valence-electron chi connectivity index (χ4n) is 2.28. The molecule has 0 aromatic carbocycles. The lowest BCUT2D eigenvalue weighted by molar-refractivity contribution is -0.126. The van der Waals surface area contributed by atoms with Crippen LogP contribution >= 0.6 is 0 Å². The molecule has 1 fully saturated rings.